The maximum absolute atomic E-state index is 8.63. The van der Waals surface area contributed by atoms with E-state index in [-0.39, 0.29) is 10.1 Å². The van der Waals surface area contributed by atoms with Gasteiger partial charge in [-0.1, -0.05) is 18.2 Å². The van der Waals surface area contributed by atoms with Crippen molar-refractivity contribution in [3.05, 3.63) is 30.3 Å². The molecule has 1 aromatic carbocycles. The molecule has 0 unspecified atom stereocenters. The molecule has 0 aliphatic heterocycles. The van der Waals surface area contributed by atoms with Crippen LogP contribution < -0.4 is 0 Å². The van der Waals surface area contributed by atoms with Gasteiger partial charge < -0.3 is 10.6 Å². The number of thiol groups is 2. The van der Waals surface area contributed by atoms with Crippen LogP contribution >= 0.6 is 25.3 Å². The van der Waals surface area contributed by atoms with Gasteiger partial charge in [-0.2, -0.15) is 25.3 Å². The van der Waals surface area contributed by atoms with Crippen LogP contribution in [0.4, 0.5) is 0 Å². The summed E-state index contributed by atoms with van der Waals surface area (Å²) in [5, 5.41) is 8.63. The molecule has 0 amide bonds. The zero-order chi connectivity index (χ0) is 8.69. The average Bonchev–Trinajstić information content (AvgIpc) is 1.87. The molecule has 3 N–H and O–H groups in total. The molecule has 1 rings (SSSR count). The third-order valence-corrected chi connectivity index (χ3v) is 0.756. The van der Waals surface area contributed by atoms with Gasteiger partial charge >= 0.3 is 0 Å². The highest BCUT2D eigenvalue weighted by Crippen LogP contribution is 2.02. The molecule has 0 heterocycles. The summed E-state index contributed by atoms with van der Waals surface area (Å²) in [6, 6.07) is 8.71. The Kier molecular flexibility index (Phi) is 10.4. The van der Waals surface area contributed by atoms with Crippen LogP contribution in [0, 0.1) is 0 Å². The van der Waals surface area contributed by atoms with Gasteiger partial charge in [-0.15, -0.1) is 0 Å². The smallest absolute Gasteiger partial charge is 0.115 e. The normalized spacial score (nSPS) is 8.00. The van der Waals surface area contributed by atoms with Crippen LogP contribution in [-0.2, 0) is 0 Å². The van der Waals surface area contributed by atoms with E-state index in [1.54, 1.807) is 24.3 Å². The third-order valence-electron chi connectivity index (χ3n) is 0.756. The SMILES string of the molecule is CC(S)S.O.Oc1ccccc1. The third kappa shape index (κ3) is 12.4. The van der Waals surface area contributed by atoms with Crippen molar-refractivity contribution >= 4 is 25.3 Å². The Balaban J connectivity index is 0. The van der Waals surface area contributed by atoms with Crippen LogP contribution in [0.25, 0.3) is 0 Å². The number of rotatable bonds is 0. The lowest BCUT2D eigenvalue weighted by atomic mass is 10.3. The Labute approximate surface area is 83.8 Å². The van der Waals surface area contributed by atoms with Crippen LogP contribution in [0.2, 0.25) is 0 Å². The van der Waals surface area contributed by atoms with Crippen molar-refractivity contribution < 1.29 is 10.6 Å². The molecular formula is C8H14O2S2. The molecule has 0 aliphatic rings. The summed E-state index contributed by atoms with van der Waals surface area (Å²) < 4.78 is 0.222. The summed E-state index contributed by atoms with van der Waals surface area (Å²) in [5.74, 6) is 0.322. The first kappa shape index (κ1) is 14.2. The zero-order valence-electron chi connectivity index (χ0n) is 6.81. The number of hydrogen-bond donors (Lipinski definition) is 3. The molecule has 0 spiro atoms. The van der Waals surface area contributed by atoms with E-state index < -0.39 is 0 Å². The van der Waals surface area contributed by atoms with Crippen molar-refractivity contribution in [2.75, 3.05) is 0 Å². The first-order chi connectivity index (χ1) is 5.13. The standard InChI is InChI=1S/C6H6O.C2H6S2.H2O/c7-6-4-2-1-3-5-6;1-2(3)4;/h1-5,7H;2-4H,1H3;1H2. The van der Waals surface area contributed by atoms with Gasteiger partial charge in [-0.25, -0.2) is 0 Å². The first-order valence-corrected chi connectivity index (χ1v) is 4.26. The Morgan fingerprint density at radius 2 is 1.50 bits per heavy atom. The minimum atomic E-state index is 0. The van der Waals surface area contributed by atoms with Crippen molar-refractivity contribution in [1.29, 1.82) is 0 Å². The molecular weight excluding hydrogens is 192 g/mol. The molecule has 4 heteroatoms. The number of aromatic hydroxyl groups is 1. The van der Waals surface area contributed by atoms with Gasteiger partial charge in [0.25, 0.3) is 0 Å². The van der Waals surface area contributed by atoms with E-state index in [1.807, 2.05) is 13.0 Å². The van der Waals surface area contributed by atoms with Gasteiger partial charge in [0.2, 0.25) is 0 Å². The van der Waals surface area contributed by atoms with Gasteiger partial charge in [0.15, 0.2) is 0 Å². The first-order valence-electron chi connectivity index (χ1n) is 3.23. The molecule has 12 heavy (non-hydrogen) atoms. The van der Waals surface area contributed by atoms with E-state index >= 15 is 0 Å². The molecule has 0 fully saturated rings. The van der Waals surface area contributed by atoms with Crippen molar-refractivity contribution in [2.24, 2.45) is 0 Å². The molecule has 0 saturated carbocycles. The maximum atomic E-state index is 8.63. The quantitative estimate of drug-likeness (QED) is 0.440. The maximum Gasteiger partial charge on any atom is 0.115 e. The number of para-hydroxylation sites is 1. The number of phenolic OH excluding ortho intramolecular Hbond substituents is 1. The van der Waals surface area contributed by atoms with Gasteiger partial charge in [0, 0.05) is 4.58 Å². The van der Waals surface area contributed by atoms with Gasteiger partial charge in [0.1, 0.15) is 5.75 Å². The molecule has 0 aromatic heterocycles. The van der Waals surface area contributed by atoms with Crippen molar-refractivity contribution in [1.82, 2.24) is 0 Å². The highest BCUT2D eigenvalue weighted by atomic mass is 32.2. The van der Waals surface area contributed by atoms with E-state index in [2.05, 4.69) is 25.3 Å². The Hall–Kier alpha value is -0.320. The molecule has 0 atom stereocenters. The van der Waals surface area contributed by atoms with Crippen LogP contribution in [0.1, 0.15) is 6.92 Å². The summed E-state index contributed by atoms with van der Waals surface area (Å²) in [6.07, 6.45) is 0. The number of benzene rings is 1. The monoisotopic (exact) mass is 206 g/mol. The number of phenols is 1. The van der Waals surface area contributed by atoms with Crippen LogP contribution in [0.5, 0.6) is 5.75 Å². The highest BCUT2D eigenvalue weighted by molar-refractivity contribution is 7.99. The number of hydrogen-bond acceptors (Lipinski definition) is 3. The van der Waals surface area contributed by atoms with Crippen LogP contribution in [0.3, 0.4) is 0 Å². The van der Waals surface area contributed by atoms with E-state index in [0.717, 1.165) is 0 Å². The van der Waals surface area contributed by atoms with Crippen molar-refractivity contribution in [3.63, 3.8) is 0 Å². The average molecular weight is 206 g/mol. The molecule has 70 valence electrons. The topological polar surface area (TPSA) is 51.7 Å². The minimum absolute atomic E-state index is 0. The van der Waals surface area contributed by atoms with Crippen molar-refractivity contribution in [3.8, 4) is 5.75 Å². The predicted molar refractivity (Wildman–Crippen MR) is 59.2 cm³/mol. The summed E-state index contributed by atoms with van der Waals surface area (Å²) in [6.45, 7) is 1.90. The molecule has 0 radical (unpaired) electrons. The molecule has 1 aromatic rings. The molecule has 0 saturated heterocycles. The fraction of sp³-hybridized carbons (Fsp3) is 0.250. The van der Waals surface area contributed by atoms with Gasteiger partial charge in [-0.3, -0.25) is 0 Å². The molecule has 0 aliphatic carbocycles. The highest BCUT2D eigenvalue weighted by Gasteiger charge is 1.74. The Morgan fingerprint density at radius 3 is 1.67 bits per heavy atom. The fourth-order valence-electron chi connectivity index (χ4n) is 0.428. The lowest BCUT2D eigenvalue weighted by Crippen LogP contribution is -1.64. The van der Waals surface area contributed by atoms with Gasteiger partial charge in [-0.05, 0) is 19.1 Å². The summed E-state index contributed by atoms with van der Waals surface area (Å²) >= 11 is 7.66. The van der Waals surface area contributed by atoms with E-state index in [4.69, 9.17) is 5.11 Å². The summed E-state index contributed by atoms with van der Waals surface area (Å²) in [4.78, 5) is 0. The minimum Gasteiger partial charge on any atom is -0.508 e. The summed E-state index contributed by atoms with van der Waals surface area (Å²) in [5.41, 5.74) is 0. The second kappa shape index (κ2) is 8.77. The van der Waals surface area contributed by atoms with E-state index in [9.17, 15) is 0 Å². The van der Waals surface area contributed by atoms with E-state index in [0.29, 0.717) is 5.75 Å². The predicted octanol–water partition coefficient (Wildman–Crippen LogP) is 1.76. The van der Waals surface area contributed by atoms with Crippen molar-refractivity contribution in [2.45, 2.75) is 11.5 Å². The lowest BCUT2D eigenvalue weighted by molar-refractivity contribution is 0.475. The van der Waals surface area contributed by atoms with Gasteiger partial charge in [0.05, 0.1) is 0 Å². The van der Waals surface area contributed by atoms with Crippen LogP contribution in [-0.4, -0.2) is 15.2 Å². The fourth-order valence-corrected chi connectivity index (χ4v) is 0.428. The van der Waals surface area contributed by atoms with Crippen LogP contribution in [0.15, 0.2) is 30.3 Å². The lowest BCUT2D eigenvalue weighted by Gasteiger charge is -1.82. The molecule has 2 nitrogen and oxygen atoms in total. The largest absolute Gasteiger partial charge is 0.508 e. The zero-order valence-corrected chi connectivity index (χ0v) is 8.59. The summed E-state index contributed by atoms with van der Waals surface area (Å²) in [7, 11) is 0. The Bertz CT molecular complexity index is 175. The second-order valence-corrected chi connectivity index (χ2v) is 3.92. The molecule has 0 bridgehead atoms. The Morgan fingerprint density at radius 1 is 1.17 bits per heavy atom. The second-order valence-electron chi connectivity index (χ2n) is 1.97. The van der Waals surface area contributed by atoms with E-state index in [1.165, 1.54) is 0 Å².